The van der Waals surface area contributed by atoms with Gasteiger partial charge in [-0.05, 0) is 57.4 Å². The van der Waals surface area contributed by atoms with E-state index in [1.807, 2.05) is 42.6 Å². The molecule has 3 heterocycles. The van der Waals surface area contributed by atoms with Crippen LogP contribution in [0.5, 0.6) is 0 Å². The fourth-order valence-electron chi connectivity index (χ4n) is 2.76. The molecule has 7 nitrogen and oxygen atoms in total. The minimum Gasteiger partial charge on any atom is -0.461 e. The molecular weight excluding hydrogens is 393 g/mol. The van der Waals surface area contributed by atoms with E-state index in [-0.39, 0.29) is 11.9 Å². The number of furan rings is 1. The standard InChI is InChI=1S/C20H20FN5O2S/c1-13(25(2)3)19-22-23-20(26(19)16-8-6-14(21)7-9-16)29-12-15-11-18(28-24-15)17-5-4-10-27-17/h4-11,13H,12H2,1-3H3. The molecule has 0 aliphatic rings. The molecule has 0 aliphatic heterocycles. The molecule has 29 heavy (non-hydrogen) atoms. The molecule has 1 atom stereocenters. The summed E-state index contributed by atoms with van der Waals surface area (Å²) in [6.45, 7) is 2.05. The fourth-order valence-corrected chi connectivity index (χ4v) is 3.60. The highest BCUT2D eigenvalue weighted by atomic mass is 32.2. The minimum absolute atomic E-state index is 0.0273. The molecule has 1 aromatic carbocycles. The van der Waals surface area contributed by atoms with Gasteiger partial charge in [-0.2, -0.15) is 0 Å². The maximum Gasteiger partial charge on any atom is 0.202 e. The first-order chi connectivity index (χ1) is 14.0. The van der Waals surface area contributed by atoms with Crippen LogP contribution in [0.4, 0.5) is 4.39 Å². The average molecular weight is 413 g/mol. The molecule has 4 rings (SSSR count). The maximum atomic E-state index is 13.4. The van der Waals surface area contributed by atoms with Gasteiger partial charge < -0.3 is 8.94 Å². The van der Waals surface area contributed by atoms with Crippen molar-refractivity contribution in [1.29, 1.82) is 0 Å². The van der Waals surface area contributed by atoms with E-state index >= 15 is 0 Å². The number of thioether (sulfide) groups is 1. The number of aromatic nitrogens is 4. The highest BCUT2D eigenvalue weighted by molar-refractivity contribution is 7.98. The Morgan fingerprint density at radius 3 is 2.62 bits per heavy atom. The van der Waals surface area contributed by atoms with Crippen LogP contribution in [0.1, 0.15) is 24.5 Å². The van der Waals surface area contributed by atoms with Crippen molar-refractivity contribution in [2.45, 2.75) is 23.9 Å². The number of nitrogens with zero attached hydrogens (tertiary/aromatic N) is 5. The number of rotatable bonds is 7. The normalized spacial score (nSPS) is 12.6. The van der Waals surface area contributed by atoms with E-state index < -0.39 is 0 Å². The van der Waals surface area contributed by atoms with Crippen molar-refractivity contribution < 1.29 is 13.3 Å². The Morgan fingerprint density at radius 2 is 1.93 bits per heavy atom. The Morgan fingerprint density at radius 1 is 1.14 bits per heavy atom. The van der Waals surface area contributed by atoms with Crippen molar-refractivity contribution in [2.24, 2.45) is 0 Å². The van der Waals surface area contributed by atoms with E-state index in [0.717, 1.165) is 17.2 Å². The highest BCUT2D eigenvalue weighted by Gasteiger charge is 2.21. The summed E-state index contributed by atoms with van der Waals surface area (Å²) in [4.78, 5) is 2.05. The molecular formula is C20H20FN5O2S. The molecule has 1 unspecified atom stereocenters. The number of halogens is 1. The van der Waals surface area contributed by atoms with Gasteiger partial charge in [0.15, 0.2) is 16.7 Å². The van der Waals surface area contributed by atoms with Crippen LogP contribution >= 0.6 is 11.8 Å². The zero-order chi connectivity index (χ0) is 20.4. The lowest BCUT2D eigenvalue weighted by Gasteiger charge is -2.20. The predicted octanol–water partition coefficient (Wildman–Crippen LogP) is 4.57. The zero-order valence-corrected chi connectivity index (χ0v) is 17.1. The van der Waals surface area contributed by atoms with Gasteiger partial charge in [0.05, 0.1) is 18.0 Å². The van der Waals surface area contributed by atoms with Gasteiger partial charge >= 0.3 is 0 Å². The van der Waals surface area contributed by atoms with Gasteiger partial charge in [0, 0.05) is 17.5 Å². The monoisotopic (exact) mass is 413 g/mol. The quantitative estimate of drug-likeness (QED) is 0.411. The Labute approximate surface area is 171 Å². The highest BCUT2D eigenvalue weighted by Crippen LogP contribution is 2.30. The van der Waals surface area contributed by atoms with Crippen molar-refractivity contribution in [1.82, 2.24) is 24.8 Å². The summed E-state index contributed by atoms with van der Waals surface area (Å²) in [6.07, 6.45) is 1.59. The molecule has 0 fully saturated rings. The smallest absolute Gasteiger partial charge is 0.202 e. The average Bonchev–Trinajstić information content (AvgIpc) is 3.46. The summed E-state index contributed by atoms with van der Waals surface area (Å²) in [6, 6.07) is 11.8. The summed E-state index contributed by atoms with van der Waals surface area (Å²) in [7, 11) is 3.96. The van der Waals surface area contributed by atoms with E-state index in [4.69, 9.17) is 8.94 Å². The summed E-state index contributed by atoms with van der Waals surface area (Å²) >= 11 is 1.48. The van der Waals surface area contributed by atoms with Gasteiger partial charge in [0.2, 0.25) is 5.76 Å². The summed E-state index contributed by atoms with van der Waals surface area (Å²) in [5, 5.41) is 13.6. The number of benzene rings is 1. The Kier molecular flexibility index (Phi) is 5.50. The molecule has 0 amide bonds. The van der Waals surface area contributed by atoms with Crippen LogP contribution < -0.4 is 0 Å². The Balaban J connectivity index is 1.61. The van der Waals surface area contributed by atoms with Crippen LogP contribution in [-0.4, -0.2) is 38.9 Å². The van der Waals surface area contributed by atoms with Crippen molar-refractivity contribution in [3.05, 3.63) is 66.1 Å². The van der Waals surface area contributed by atoms with Crippen molar-refractivity contribution in [2.75, 3.05) is 14.1 Å². The second-order valence-electron chi connectivity index (χ2n) is 6.74. The first-order valence-corrected chi connectivity index (χ1v) is 10.0. The maximum absolute atomic E-state index is 13.4. The molecule has 0 N–H and O–H groups in total. The van der Waals surface area contributed by atoms with Crippen molar-refractivity contribution in [3.63, 3.8) is 0 Å². The van der Waals surface area contributed by atoms with E-state index in [2.05, 4.69) is 15.4 Å². The zero-order valence-electron chi connectivity index (χ0n) is 16.2. The molecule has 150 valence electrons. The lowest BCUT2D eigenvalue weighted by molar-refractivity contribution is 0.305. The van der Waals surface area contributed by atoms with E-state index in [1.165, 1.54) is 23.9 Å². The molecule has 0 radical (unpaired) electrons. The first kappa shape index (κ1) is 19.4. The van der Waals surface area contributed by atoms with Gasteiger partial charge in [-0.1, -0.05) is 16.9 Å². The summed E-state index contributed by atoms with van der Waals surface area (Å²) in [5.74, 6) is 2.24. The first-order valence-electron chi connectivity index (χ1n) is 9.03. The van der Waals surface area contributed by atoms with Crippen LogP contribution in [0.2, 0.25) is 0 Å². The third-order valence-electron chi connectivity index (χ3n) is 4.56. The second-order valence-corrected chi connectivity index (χ2v) is 7.68. The van der Waals surface area contributed by atoms with Crippen LogP contribution in [0.3, 0.4) is 0 Å². The number of hydrogen-bond donors (Lipinski definition) is 0. The molecule has 0 bridgehead atoms. The van der Waals surface area contributed by atoms with Crippen LogP contribution in [0, 0.1) is 5.82 Å². The van der Waals surface area contributed by atoms with E-state index in [9.17, 15) is 4.39 Å². The largest absolute Gasteiger partial charge is 0.461 e. The Hall–Kier alpha value is -2.91. The van der Waals surface area contributed by atoms with Gasteiger partial charge in [0.25, 0.3) is 0 Å². The lowest BCUT2D eigenvalue weighted by atomic mass is 10.2. The fraction of sp³-hybridized carbons (Fsp3) is 0.250. The molecule has 0 spiro atoms. The SMILES string of the molecule is CC(c1nnc(SCc2cc(-c3ccco3)on2)n1-c1ccc(F)cc1)N(C)C. The lowest BCUT2D eigenvalue weighted by Crippen LogP contribution is -2.20. The van der Waals surface area contributed by atoms with Crippen molar-refractivity contribution in [3.8, 4) is 17.2 Å². The third kappa shape index (κ3) is 4.10. The topological polar surface area (TPSA) is 73.1 Å². The molecule has 0 aliphatic carbocycles. The molecule has 0 saturated carbocycles. The van der Waals surface area contributed by atoms with Crippen LogP contribution in [0.25, 0.3) is 17.2 Å². The van der Waals surface area contributed by atoms with Gasteiger partial charge in [-0.25, -0.2) is 4.39 Å². The molecule has 0 saturated heterocycles. The van der Waals surface area contributed by atoms with E-state index in [0.29, 0.717) is 22.4 Å². The van der Waals surface area contributed by atoms with Crippen molar-refractivity contribution >= 4 is 11.8 Å². The number of hydrogen-bond acceptors (Lipinski definition) is 7. The predicted molar refractivity (Wildman–Crippen MR) is 107 cm³/mol. The van der Waals surface area contributed by atoms with E-state index in [1.54, 1.807) is 24.5 Å². The summed E-state index contributed by atoms with van der Waals surface area (Å²) in [5.41, 5.74) is 1.57. The molecule has 3 aromatic heterocycles. The van der Waals surface area contributed by atoms with Gasteiger partial charge in [0.1, 0.15) is 5.82 Å². The Bertz CT molecular complexity index is 1070. The van der Waals surface area contributed by atoms with Gasteiger partial charge in [-0.3, -0.25) is 9.47 Å². The minimum atomic E-state index is -0.286. The van der Waals surface area contributed by atoms with Gasteiger partial charge in [-0.15, -0.1) is 10.2 Å². The molecule has 4 aromatic rings. The van der Waals surface area contributed by atoms with Crippen LogP contribution in [-0.2, 0) is 5.75 Å². The summed E-state index contributed by atoms with van der Waals surface area (Å²) < 4.78 is 26.1. The van der Waals surface area contributed by atoms with Crippen LogP contribution in [0.15, 0.2) is 62.8 Å². The third-order valence-corrected chi connectivity index (χ3v) is 5.53. The second kappa shape index (κ2) is 8.22. The molecule has 9 heteroatoms.